The molecule has 0 aromatic heterocycles. The molecule has 1 saturated heterocycles. The standard InChI is InChI=1S/C25H31FN4O3S/c1-4-13-27-23(31)16-28-24(32)17-30(34(3)33)20-11-14-29(15-12-20)18(2)25-21-8-6-5-7-19(21)9-10-22(25)26/h1,5-10,18,20H,11-17H2,2-3H3,(H,27,31)(H,28,32). The predicted octanol–water partition coefficient (Wildman–Crippen LogP) is 1.97. The number of nitrogens with one attached hydrogen (secondary N) is 2. The summed E-state index contributed by atoms with van der Waals surface area (Å²) in [6, 6.07) is 11.0. The fourth-order valence-electron chi connectivity index (χ4n) is 4.46. The van der Waals surface area contributed by atoms with E-state index in [0.29, 0.717) is 31.5 Å². The number of nitrogens with zero attached hydrogens (tertiary/aromatic N) is 2. The maximum Gasteiger partial charge on any atom is 0.240 e. The van der Waals surface area contributed by atoms with Crippen LogP contribution in [-0.4, -0.2) is 70.2 Å². The first-order chi connectivity index (χ1) is 16.3. The number of likely N-dealkylation sites (tertiary alicyclic amines) is 1. The number of rotatable bonds is 9. The third-order valence-corrected chi connectivity index (χ3v) is 7.34. The molecule has 2 aromatic carbocycles. The van der Waals surface area contributed by atoms with Crippen LogP contribution in [-0.2, 0) is 20.6 Å². The molecule has 0 spiro atoms. The smallest absolute Gasteiger partial charge is 0.240 e. The van der Waals surface area contributed by atoms with Gasteiger partial charge in [-0.3, -0.25) is 14.5 Å². The van der Waals surface area contributed by atoms with E-state index >= 15 is 0 Å². The minimum atomic E-state index is -1.35. The van der Waals surface area contributed by atoms with Crippen molar-refractivity contribution in [2.45, 2.75) is 31.8 Å². The number of carbonyl (C=O) groups is 2. The van der Waals surface area contributed by atoms with Crippen LogP contribution in [0, 0.1) is 18.2 Å². The molecule has 0 radical (unpaired) electrons. The Balaban J connectivity index is 1.60. The molecule has 2 atom stereocenters. The topological polar surface area (TPSA) is 81.8 Å². The van der Waals surface area contributed by atoms with Crippen LogP contribution < -0.4 is 10.6 Å². The van der Waals surface area contributed by atoms with Gasteiger partial charge in [0.25, 0.3) is 0 Å². The third-order valence-electron chi connectivity index (χ3n) is 6.25. The molecule has 2 unspecified atom stereocenters. The zero-order chi connectivity index (χ0) is 24.7. The van der Waals surface area contributed by atoms with Crippen molar-refractivity contribution in [3.63, 3.8) is 0 Å². The highest BCUT2D eigenvalue weighted by molar-refractivity contribution is 7.81. The largest absolute Gasteiger partial charge is 0.346 e. The number of piperidine rings is 1. The molecule has 2 amide bonds. The van der Waals surface area contributed by atoms with Crippen LogP contribution >= 0.6 is 0 Å². The molecule has 1 aliphatic rings. The normalized spacial score (nSPS) is 16.7. The summed E-state index contributed by atoms with van der Waals surface area (Å²) in [6.07, 6.45) is 8.04. The lowest BCUT2D eigenvalue weighted by molar-refractivity contribution is -0.126. The van der Waals surface area contributed by atoms with Crippen LogP contribution in [0.3, 0.4) is 0 Å². The van der Waals surface area contributed by atoms with E-state index in [0.717, 1.165) is 10.8 Å². The van der Waals surface area contributed by atoms with E-state index in [2.05, 4.69) is 21.5 Å². The van der Waals surface area contributed by atoms with Gasteiger partial charge >= 0.3 is 0 Å². The molecule has 0 aliphatic carbocycles. The van der Waals surface area contributed by atoms with E-state index in [1.54, 1.807) is 16.6 Å². The zero-order valence-corrected chi connectivity index (χ0v) is 20.4. The summed E-state index contributed by atoms with van der Waals surface area (Å²) >= 11 is 0. The average Bonchev–Trinajstić information content (AvgIpc) is 2.84. The number of fused-ring (bicyclic) bond motifs is 1. The summed E-state index contributed by atoms with van der Waals surface area (Å²) in [5.41, 5.74) is 0.690. The highest BCUT2D eigenvalue weighted by Crippen LogP contribution is 2.33. The molecular formula is C25H31FN4O3S. The lowest BCUT2D eigenvalue weighted by Gasteiger charge is -2.39. The molecule has 0 saturated carbocycles. The molecular weight excluding hydrogens is 455 g/mol. The zero-order valence-electron chi connectivity index (χ0n) is 19.6. The number of halogens is 1. The summed E-state index contributed by atoms with van der Waals surface area (Å²) in [4.78, 5) is 26.2. The Kier molecular flexibility index (Phi) is 9.16. The molecule has 9 heteroatoms. The Morgan fingerprint density at radius 1 is 1.21 bits per heavy atom. The van der Waals surface area contributed by atoms with Gasteiger partial charge in [0.15, 0.2) is 0 Å². The van der Waals surface area contributed by atoms with Gasteiger partial charge in [0.1, 0.15) is 5.82 Å². The van der Waals surface area contributed by atoms with Gasteiger partial charge in [-0.15, -0.1) is 6.42 Å². The van der Waals surface area contributed by atoms with E-state index in [1.807, 2.05) is 31.2 Å². The summed E-state index contributed by atoms with van der Waals surface area (Å²) in [7, 11) is -1.35. The summed E-state index contributed by atoms with van der Waals surface area (Å²) < 4.78 is 28.9. The third kappa shape index (κ3) is 6.41. The number of terminal acetylenes is 1. The van der Waals surface area contributed by atoms with Gasteiger partial charge in [0.05, 0.1) is 30.6 Å². The molecule has 2 aromatic rings. The summed E-state index contributed by atoms with van der Waals surface area (Å²) in [5.74, 6) is 1.33. The second-order valence-electron chi connectivity index (χ2n) is 8.38. The monoisotopic (exact) mass is 486 g/mol. The highest BCUT2D eigenvalue weighted by atomic mass is 32.2. The molecule has 2 N–H and O–H groups in total. The van der Waals surface area contributed by atoms with Gasteiger partial charge in [-0.1, -0.05) is 36.3 Å². The SMILES string of the molecule is C#CCNC(=O)CNC(=O)CN(C1CCN(C(C)c2c(F)ccc3ccccc23)CC1)S(C)=O. The van der Waals surface area contributed by atoms with E-state index in [9.17, 15) is 18.2 Å². The molecule has 182 valence electrons. The van der Waals surface area contributed by atoms with Crippen LogP contribution in [0.25, 0.3) is 10.8 Å². The number of hydrogen-bond donors (Lipinski definition) is 2. The Hall–Kier alpha value is -2.80. The second-order valence-corrected chi connectivity index (χ2v) is 9.70. The van der Waals surface area contributed by atoms with Gasteiger partial charge in [-0.25, -0.2) is 12.9 Å². The quantitative estimate of drug-likeness (QED) is 0.531. The maximum absolute atomic E-state index is 14.8. The molecule has 0 bridgehead atoms. The van der Waals surface area contributed by atoms with Gasteiger partial charge in [-0.2, -0.15) is 0 Å². The minimum Gasteiger partial charge on any atom is -0.346 e. The second kappa shape index (κ2) is 12.1. The van der Waals surface area contributed by atoms with Gasteiger partial charge in [0.2, 0.25) is 11.8 Å². The first-order valence-corrected chi connectivity index (χ1v) is 12.8. The van der Waals surface area contributed by atoms with Crippen LogP contribution in [0.2, 0.25) is 0 Å². The van der Waals surface area contributed by atoms with Crippen molar-refractivity contribution in [3.05, 3.63) is 47.8 Å². The van der Waals surface area contributed by atoms with E-state index in [4.69, 9.17) is 6.42 Å². The fourth-order valence-corrected chi connectivity index (χ4v) is 5.39. The van der Waals surface area contributed by atoms with Gasteiger partial charge in [-0.05, 0) is 36.6 Å². The maximum atomic E-state index is 14.8. The highest BCUT2D eigenvalue weighted by Gasteiger charge is 2.31. The molecule has 1 aliphatic heterocycles. The van der Waals surface area contributed by atoms with Crippen LogP contribution in [0.4, 0.5) is 4.39 Å². The van der Waals surface area contributed by atoms with E-state index in [-0.39, 0.29) is 49.3 Å². The lowest BCUT2D eigenvalue weighted by Crippen LogP contribution is -2.50. The van der Waals surface area contributed by atoms with Crippen molar-refractivity contribution in [2.75, 3.05) is 39.0 Å². The number of amides is 2. The number of hydrogen-bond acceptors (Lipinski definition) is 4. The number of carbonyl (C=O) groups excluding carboxylic acids is 2. The van der Waals surface area contributed by atoms with Gasteiger partial charge in [0, 0.05) is 37.0 Å². The average molecular weight is 487 g/mol. The van der Waals surface area contributed by atoms with Crippen LogP contribution in [0.5, 0.6) is 0 Å². The first-order valence-electron chi connectivity index (χ1n) is 11.3. The molecule has 1 heterocycles. The Morgan fingerprint density at radius 3 is 2.59 bits per heavy atom. The van der Waals surface area contributed by atoms with E-state index < -0.39 is 11.0 Å². The Bertz CT molecular complexity index is 1100. The van der Waals surface area contributed by atoms with Gasteiger partial charge < -0.3 is 10.6 Å². The van der Waals surface area contributed by atoms with Crippen molar-refractivity contribution in [2.24, 2.45) is 0 Å². The van der Waals surface area contributed by atoms with Crippen molar-refractivity contribution in [1.29, 1.82) is 0 Å². The van der Waals surface area contributed by atoms with Crippen molar-refractivity contribution >= 4 is 33.6 Å². The van der Waals surface area contributed by atoms with Crippen molar-refractivity contribution < 1.29 is 18.2 Å². The minimum absolute atomic E-state index is 0.0485. The van der Waals surface area contributed by atoms with Crippen molar-refractivity contribution in [1.82, 2.24) is 19.8 Å². The summed E-state index contributed by atoms with van der Waals surface area (Å²) in [6.45, 7) is 3.25. The van der Waals surface area contributed by atoms with Crippen LogP contribution in [0.15, 0.2) is 36.4 Å². The number of benzene rings is 2. The molecule has 7 nitrogen and oxygen atoms in total. The van der Waals surface area contributed by atoms with Crippen molar-refractivity contribution in [3.8, 4) is 12.3 Å². The molecule has 34 heavy (non-hydrogen) atoms. The Morgan fingerprint density at radius 2 is 1.91 bits per heavy atom. The van der Waals surface area contributed by atoms with Crippen LogP contribution in [0.1, 0.15) is 31.4 Å². The molecule has 3 rings (SSSR count). The molecule has 1 fully saturated rings. The lowest BCUT2D eigenvalue weighted by atomic mass is 9.95. The first kappa shape index (κ1) is 25.8. The Labute approximate surface area is 202 Å². The summed E-state index contributed by atoms with van der Waals surface area (Å²) in [5, 5.41) is 6.94. The predicted molar refractivity (Wildman–Crippen MR) is 133 cm³/mol. The van der Waals surface area contributed by atoms with E-state index in [1.165, 1.54) is 6.07 Å². The fraction of sp³-hybridized carbons (Fsp3) is 0.440.